The maximum atomic E-state index is 8.57. The number of hydrogen-bond donors (Lipinski definition) is 2. The van der Waals surface area contributed by atoms with Crippen LogP contribution in [0.2, 0.25) is 0 Å². The molecule has 2 N–H and O–H groups in total. The lowest BCUT2D eigenvalue weighted by atomic mass is 9.91. The zero-order valence-corrected chi connectivity index (χ0v) is 4.37. The van der Waals surface area contributed by atoms with Crippen molar-refractivity contribution < 1.29 is 14.2 Å². The Hall–Kier alpha value is -0.935. The van der Waals surface area contributed by atoms with Crippen LogP contribution in [0.5, 0.6) is 0 Å². The Morgan fingerprint density at radius 1 is 1.44 bits per heavy atom. The molecule has 0 saturated carbocycles. The fourth-order valence-electron chi connectivity index (χ4n) is 0.336. The van der Waals surface area contributed by atoms with Gasteiger partial charge in [-0.05, 0) is 6.04 Å². The van der Waals surface area contributed by atoms with E-state index in [0.29, 0.717) is 0 Å². The van der Waals surface area contributed by atoms with Gasteiger partial charge in [0.1, 0.15) is 0 Å². The Kier molecular flexibility index (Phi) is 0.937. The van der Waals surface area contributed by atoms with E-state index in [1.807, 2.05) is 0 Å². The molecule has 0 radical (unpaired) electrons. The summed E-state index contributed by atoms with van der Waals surface area (Å²) >= 11 is 0. The van der Waals surface area contributed by atoms with Crippen molar-refractivity contribution in [3.63, 3.8) is 0 Å². The van der Waals surface area contributed by atoms with Crippen LogP contribution < -0.4 is 5.72 Å². The van der Waals surface area contributed by atoms with Crippen molar-refractivity contribution in [3.05, 3.63) is 18.4 Å². The third-order valence-electron chi connectivity index (χ3n) is 0.684. The van der Waals surface area contributed by atoms with Crippen molar-refractivity contribution in [2.45, 2.75) is 0 Å². The Labute approximate surface area is 56.6 Å². The van der Waals surface area contributed by atoms with E-state index in [4.69, 9.17) is 14.2 Å². The van der Waals surface area contributed by atoms with Gasteiger partial charge in [0.2, 0.25) is 0 Å². The molecule has 0 unspecified atom stereocenters. The summed E-state index contributed by atoms with van der Waals surface area (Å²) < 4.78 is 21.0. The summed E-state index contributed by atoms with van der Waals surface area (Å²) in [4.78, 5) is 6.56. The maximum absolute atomic E-state index is 8.57. The van der Waals surface area contributed by atoms with Crippen molar-refractivity contribution in [2.75, 3.05) is 0 Å². The van der Waals surface area contributed by atoms with Gasteiger partial charge in [-0.25, -0.2) is 9.97 Å². The van der Waals surface area contributed by atoms with Crippen molar-refractivity contribution in [3.8, 4) is 0 Å². The van der Waals surface area contributed by atoms with Crippen LogP contribution in [-0.2, 0) is 0 Å². The lowest BCUT2D eigenvalue weighted by molar-refractivity contribution is 0.422. The Bertz CT molecular complexity index is 285. The second-order valence-electron chi connectivity index (χ2n) is 1.30. The van der Waals surface area contributed by atoms with E-state index in [9.17, 15) is 0 Å². The predicted molar refractivity (Wildman–Crippen MR) is 31.9 cm³/mol. The second kappa shape index (κ2) is 2.57. The highest BCUT2D eigenvalue weighted by atomic mass is 16.4. The Morgan fingerprint density at radius 2 is 2.00 bits per heavy atom. The lowest BCUT2D eigenvalue weighted by Crippen LogP contribution is -2.34. The molecule has 0 spiro atoms. The first-order valence-electron chi connectivity index (χ1n) is 3.70. The number of nitrogens with zero attached hydrogens (tertiary/aromatic N) is 2. The van der Waals surface area contributed by atoms with Gasteiger partial charge in [0.25, 0.3) is 0 Å². The van der Waals surface area contributed by atoms with Crippen LogP contribution in [0.25, 0.3) is 0 Å². The average Bonchev–Trinajstić information content (AvgIpc) is 1.99. The zero-order valence-electron chi connectivity index (χ0n) is 7.37. The average molecular weight is 127 g/mol. The van der Waals surface area contributed by atoms with Gasteiger partial charge < -0.3 is 10.0 Å². The van der Waals surface area contributed by atoms with Crippen LogP contribution in [0.1, 0.15) is 4.11 Å². The van der Waals surface area contributed by atoms with Gasteiger partial charge in [-0.1, -0.05) is 0 Å². The molecular weight excluding hydrogens is 119 g/mol. The van der Waals surface area contributed by atoms with Gasteiger partial charge in [-0.3, -0.25) is 0 Å². The molecule has 1 heterocycles. The Balaban J connectivity index is 3.21. The van der Waals surface area contributed by atoms with Gasteiger partial charge in [0.05, 0.1) is 4.11 Å². The summed E-state index contributed by atoms with van der Waals surface area (Å²) in [5.74, 6) is 0. The van der Waals surface area contributed by atoms with Gasteiger partial charge in [-0.15, -0.1) is 0 Å². The van der Waals surface area contributed by atoms with Crippen molar-refractivity contribution in [1.82, 2.24) is 9.97 Å². The van der Waals surface area contributed by atoms with Crippen molar-refractivity contribution in [1.29, 1.82) is 0 Å². The first-order chi connectivity index (χ1) is 5.52. The van der Waals surface area contributed by atoms with Crippen LogP contribution in [0.3, 0.4) is 0 Å². The summed E-state index contributed by atoms with van der Waals surface area (Å²) in [7, 11) is -1.90. The molecule has 0 aliphatic carbocycles. The minimum Gasteiger partial charge on any atom is -0.421 e. The third kappa shape index (κ3) is 1.48. The topological polar surface area (TPSA) is 66.2 Å². The number of rotatable bonds is 1. The van der Waals surface area contributed by atoms with E-state index in [2.05, 4.69) is 9.97 Å². The van der Waals surface area contributed by atoms with Crippen LogP contribution in [0, 0.1) is 0 Å². The molecule has 5 heteroatoms. The quantitative estimate of drug-likeness (QED) is 0.435. The van der Waals surface area contributed by atoms with Gasteiger partial charge in [-0.2, -0.15) is 0 Å². The third-order valence-corrected chi connectivity index (χ3v) is 0.684. The van der Waals surface area contributed by atoms with Crippen LogP contribution in [0.15, 0.2) is 18.4 Å². The molecule has 1 aromatic heterocycles. The molecule has 1 aromatic rings. The van der Waals surface area contributed by atoms with Crippen LogP contribution in [0.4, 0.5) is 0 Å². The number of aromatic nitrogens is 2. The van der Waals surface area contributed by atoms with E-state index >= 15 is 0 Å². The minimum atomic E-state index is -1.90. The summed E-state index contributed by atoms with van der Waals surface area (Å²) in [5.41, 5.74) is -0.430. The molecule has 0 aliphatic rings. The maximum Gasteiger partial charge on any atom is 0.528 e. The molecule has 9 heavy (non-hydrogen) atoms. The zero-order chi connectivity index (χ0) is 9.30. The first kappa shape index (κ1) is 3.29. The predicted octanol–water partition coefficient (Wildman–Crippen LogP) is -1.84. The highest BCUT2D eigenvalue weighted by Gasteiger charge is 2.12. The number of hydrogen-bond acceptors (Lipinski definition) is 4. The van der Waals surface area contributed by atoms with Gasteiger partial charge in [0, 0.05) is 12.3 Å². The molecule has 1 rings (SSSR count). The fourth-order valence-corrected chi connectivity index (χ4v) is 0.336. The molecule has 0 saturated heterocycles. The molecule has 46 valence electrons. The summed E-state index contributed by atoms with van der Waals surface area (Å²) in [6, 6.07) is -0.431. The van der Waals surface area contributed by atoms with Gasteiger partial charge >= 0.3 is 7.12 Å². The van der Waals surface area contributed by atoms with E-state index in [1.165, 1.54) is 0 Å². The molecule has 4 nitrogen and oxygen atoms in total. The molecular formula is C4H5BN2O2. The van der Waals surface area contributed by atoms with E-state index in [-0.39, 0.29) is 0 Å². The summed E-state index contributed by atoms with van der Waals surface area (Å²) in [5, 5.41) is 17.1. The molecule has 0 fully saturated rings. The van der Waals surface area contributed by atoms with Crippen LogP contribution in [-0.4, -0.2) is 27.1 Å². The molecule has 0 aromatic carbocycles. The monoisotopic (exact) mass is 127 g/mol. The fraction of sp³-hybridized carbons (Fsp3) is 0. The van der Waals surface area contributed by atoms with E-state index in [0.717, 1.165) is 0 Å². The van der Waals surface area contributed by atoms with Crippen LogP contribution >= 0.6 is 0 Å². The molecule has 0 bridgehead atoms. The highest BCUT2D eigenvalue weighted by molar-refractivity contribution is 6.56. The Morgan fingerprint density at radius 3 is 2.44 bits per heavy atom. The van der Waals surface area contributed by atoms with Gasteiger partial charge in [0.15, 0.2) is 5.72 Å². The largest absolute Gasteiger partial charge is 0.528 e. The SMILES string of the molecule is [2H]c1nc(B(O)O)nc([2H])c1[2H]. The normalized spacial score (nSPS) is 13.8. The van der Waals surface area contributed by atoms with Crippen molar-refractivity contribution >= 4 is 12.8 Å². The molecule has 0 amide bonds. The van der Waals surface area contributed by atoms with E-state index < -0.39 is 31.2 Å². The summed E-state index contributed by atoms with van der Waals surface area (Å²) in [6.07, 6.45) is -0.976. The molecule has 0 aliphatic heterocycles. The first-order valence-corrected chi connectivity index (χ1v) is 2.20. The van der Waals surface area contributed by atoms with Crippen molar-refractivity contribution in [2.24, 2.45) is 0 Å². The minimum absolute atomic E-state index is 0.430. The summed E-state index contributed by atoms with van der Waals surface area (Å²) in [6.45, 7) is 0. The molecule has 0 atom stereocenters. The lowest BCUT2D eigenvalue weighted by Gasteiger charge is -1.92. The second-order valence-corrected chi connectivity index (χ2v) is 1.30. The standard InChI is InChI=1S/C4H5BN2O2/c8-5(9)4-6-2-1-3-7-4/h1-3,8-9H/i1D,2D,3D. The van der Waals surface area contributed by atoms with E-state index in [1.54, 1.807) is 0 Å². The highest BCUT2D eigenvalue weighted by Crippen LogP contribution is 1.70. The smallest absolute Gasteiger partial charge is 0.421 e.